The molecule has 6 nitrogen and oxygen atoms in total. The van der Waals surface area contributed by atoms with Gasteiger partial charge in [0.2, 0.25) is 0 Å². The number of hydrogen-bond acceptors (Lipinski definition) is 6. The summed E-state index contributed by atoms with van der Waals surface area (Å²) in [5.41, 5.74) is 1.33. The number of rotatable bonds is 8. The molecule has 0 N–H and O–H groups in total. The van der Waals surface area contributed by atoms with Crippen molar-refractivity contribution in [2.45, 2.75) is 6.61 Å². The van der Waals surface area contributed by atoms with Gasteiger partial charge in [-0.3, -0.25) is 14.5 Å². The van der Waals surface area contributed by atoms with E-state index in [-0.39, 0.29) is 35.9 Å². The van der Waals surface area contributed by atoms with E-state index >= 15 is 0 Å². The van der Waals surface area contributed by atoms with Gasteiger partial charge in [0.1, 0.15) is 6.61 Å². The highest BCUT2D eigenvalue weighted by Crippen LogP contribution is 2.39. The SMILES string of the molecule is COCCN1C(=O)S/C(=C/c2cc(Cl)c(OCc3ccc(Cl)cc3Cl)c(OC)c2)C1=O. The maximum Gasteiger partial charge on any atom is 0.293 e. The Kier molecular flexibility index (Phi) is 8.13. The van der Waals surface area contributed by atoms with Crippen molar-refractivity contribution in [3.8, 4) is 11.5 Å². The number of benzene rings is 2. The molecule has 31 heavy (non-hydrogen) atoms. The second kappa shape index (κ2) is 10.6. The first-order chi connectivity index (χ1) is 14.8. The standard InChI is InChI=1S/C21H18Cl3NO5S/c1-28-6-5-25-20(26)18(31-21(25)27)9-12-7-16(24)19(17(8-12)29-2)30-11-13-3-4-14(22)10-15(13)23/h3-4,7-10H,5-6,11H2,1-2H3/b18-9+. The molecule has 10 heteroatoms. The van der Waals surface area contributed by atoms with Gasteiger partial charge in [0.15, 0.2) is 11.5 Å². The zero-order valence-corrected chi connectivity index (χ0v) is 19.7. The number of hydrogen-bond donors (Lipinski definition) is 0. The van der Waals surface area contributed by atoms with E-state index in [9.17, 15) is 9.59 Å². The maximum absolute atomic E-state index is 12.5. The minimum absolute atomic E-state index is 0.157. The molecular formula is C21H18Cl3NO5S. The molecule has 1 aliphatic heterocycles. The van der Waals surface area contributed by atoms with Gasteiger partial charge in [-0.1, -0.05) is 40.9 Å². The van der Waals surface area contributed by atoms with E-state index < -0.39 is 0 Å². The lowest BCUT2D eigenvalue weighted by molar-refractivity contribution is -0.123. The summed E-state index contributed by atoms with van der Waals surface area (Å²) in [5, 5.41) is 0.948. The van der Waals surface area contributed by atoms with Crippen LogP contribution in [-0.2, 0) is 16.1 Å². The Morgan fingerprint density at radius 1 is 1.06 bits per heavy atom. The van der Waals surface area contributed by atoms with Crippen molar-refractivity contribution in [3.05, 3.63) is 61.4 Å². The predicted octanol–water partition coefficient (Wildman–Crippen LogP) is 5.92. The third-order valence-electron chi connectivity index (χ3n) is 4.33. The molecule has 1 saturated heterocycles. The minimum Gasteiger partial charge on any atom is -0.493 e. The molecule has 0 bridgehead atoms. The predicted molar refractivity (Wildman–Crippen MR) is 123 cm³/mol. The van der Waals surface area contributed by atoms with Crippen molar-refractivity contribution in [3.63, 3.8) is 0 Å². The van der Waals surface area contributed by atoms with Crippen LogP contribution in [0.1, 0.15) is 11.1 Å². The Balaban J connectivity index is 1.81. The molecule has 0 atom stereocenters. The van der Waals surface area contributed by atoms with Crippen molar-refractivity contribution in [1.82, 2.24) is 4.90 Å². The minimum atomic E-state index is -0.375. The van der Waals surface area contributed by atoms with Gasteiger partial charge < -0.3 is 14.2 Å². The van der Waals surface area contributed by atoms with Gasteiger partial charge in [-0.15, -0.1) is 0 Å². The smallest absolute Gasteiger partial charge is 0.293 e. The molecule has 1 fully saturated rings. The highest BCUT2D eigenvalue weighted by atomic mass is 35.5. The number of carbonyl (C=O) groups excluding carboxylic acids is 2. The quantitative estimate of drug-likeness (QED) is 0.418. The third-order valence-corrected chi connectivity index (χ3v) is 6.10. The van der Waals surface area contributed by atoms with Crippen LogP contribution in [0.2, 0.25) is 15.1 Å². The number of ether oxygens (including phenoxy) is 3. The largest absolute Gasteiger partial charge is 0.493 e. The van der Waals surface area contributed by atoms with Gasteiger partial charge in [0.25, 0.3) is 11.1 Å². The average molecular weight is 503 g/mol. The first-order valence-electron chi connectivity index (χ1n) is 9.02. The first-order valence-corrected chi connectivity index (χ1v) is 11.0. The lowest BCUT2D eigenvalue weighted by atomic mass is 10.1. The van der Waals surface area contributed by atoms with Crippen molar-refractivity contribution >= 4 is 63.8 Å². The molecule has 2 aromatic carbocycles. The number of thioether (sulfide) groups is 1. The first kappa shape index (κ1) is 23.8. The van der Waals surface area contributed by atoms with Crippen LogP contribution in [0.4, 0.5) is 4.79 Å². The van der Waals surface area contributed by atoms with E-state index in [4.69, 9.17) is 49.0 Å². The van der Waals surface area contributed by atoms with Crippen molar-refractivity contribution in [2.24, 2.45) is 0 Å². The Morgan fingerprint density at radius 3 is 2.52 bits per heavy atom. The van der Waals surface area contributed by atoms with Crippen LogP contribution in [0.25, 0.3) is 6.08 Å². The summed E-state index contributed by atoms with van der Waals surface area (Å²) in [5.74, 6) is 0.336. The fourth-order valence-corrected chi connectivity index (χ4v) is 4.38. The molecule has 1 heterocycles. The zero-order chi connectivity index (χ0) is 22.5. The van der Waals surface area contributed by atoms with E-state index in [0.29, 0.717) is 32.0 Å². The van der Waals surface area contributed by atoms with Gasteiger partial charge in [0, 0.05) is 22.7 Å². The number of nitrogens with zero attached hydrogens (tertiary/aromatic N) is 1. The van der Waals surface area contributed by atoms with Gasteiger partial charge in [0.05, 0.1) is 30.2 Å². The molecule has 0 unspecified atom stereocenters. The van der Waals surface area contributed by atoms with E-state index in [2.05, 4.69) is 0 Å². The zero-order valence-electron chi connectivity index (χ0n) is 16.6. The summed E-state index contributed by atoms with van der Waals surface area (Å²) in [7, 11) is 2.99. The van der Waals surface area contributed by atoms with Crippen molar-refractivity contribution in [2.75, 3.05) is 27.4 Å². The molecule has 3 rings (SSSR count). The van der Waals surface area contributed by atoms with Crippen LogP contribution >= 0.6 is 46.6 Å². The lowest BCUT2D eigenvalue weighted by Crippen LogP contribution is -2.31. The molecule has 0 radical (unpaired) electrons. The fourth-order valence-electron chi connectivity index (χ4n) is 2.78. The molecule has 2 aromatic rings. The second-order valence-electron chi connectivity index (χ2n) is 6.38. The maximum atomic E-state index is 12.5. The number of halogens is 3. The second-order valence-corrected chi connectivity index (χ2v) is 8.63. The summed E-state index contributed by atoms with van der Waals surface area (Å²) in [6, 6.07) is 8.41. The monoisotopic (exact) mass is 501 g/mol. The topological polar surface area (TPSA) is 65.1 Å². The number of carbonyl (C=O) groups is 2. The van der Waals surface area contributed by atoms with E-state index in [0.717, 1.165) is 22.2 Å². The number of amides is 2. The summed E-state index contributed by atoms with van der Waals surface area (Å²) in [4.78, 5) is 26.0. The van der Waals surface area contributed by atoms with Crippen LogP contribution in [0, 0.1) is 0 Å². The Bertz CT molecular complexity index is 1040. The normalized spacial score (nSPS) is 15.1. The molecule has 0 spiro atoms. The summed E-state index contributed by atoms with van der Waals surface area (Å²) in [6.45, 7) is 0.626. The van der Waals surface area contributed by atoms with Crippen LogP contribution in [0.3, 0.4) is 0 Å². The molecule has 0 aromatic heterocycles. The number of methoxy groups -OCH3 is 2. The van der Waals surface area contributed by atoms with Crippen molar-refractivity contribution < 1.29 is 23.8 Å². The fraction of sp³-hybridized carbons (Fsp3) is 0.238. The highest BCUT2D eigenvalue weighted by molar-refractivity contribution is 8.18. The van der Waals surface area contributed by atoms with Gasteiger partial charge in [-0.25, -0.2) is 0 Å². The van der Waals surface area contributed by atoms with E-state index in [1.165, 1.54) is 14.2 Å². The Labute approximate surface area is 199 Å². The van der Waals surface area contributed by atoms with Gasteiger partial charge in [-0.05, 0) is 47.7 Å². The highest BCUT2D eigenvalue weighted by Gasteiger charge is 2.34. The van der Waals surface area contributed by atoms with Crippen molar-refractivity contribution in [1.29, 1.82) is 0 Å². The summed E-state index contributed by atoms with van der Waals surface area (Å²) in [6.07, 6.45) is 1.59. The van der Waals surface area contributed by atoms with Crippen LogP contribution < -0.4 is 9.47 Å². The molecule has 0 saturated carbocycles. The third kappa shape index (κ3) is 5.67. The van der Waals surface area contributed by atoms with E-state index in [1.807, 2.05) is 0 Å². The summed E-state index contributed by atoms with van der Waals surface area (Å²) >= 11 is 19.4. The molecule has 2 amide bonds. The van der Waals surface area contributed by atoms with Gasteiger partial charge >= 0.3 is 0 Å². The van der Waals surface area contributed by atoms with Crippen LogP contribution in [-0.4, -0.2) is 43.4 Å². The van der Waals surface area contributed by atoms with E-state index in [1.54, 1.807) is 36.4 Å². The van der Waals surface area contributed by atoms with Gasteiger partial charge in [-0.2, -0.15) is 0 Å². The van der Waals surface area contributed by atoms with Crippen LogP contribution in [0.5, 0.6) is 11.5 Å². The molecular weight excluding hydrogens is 485 g/mol. The Morgan fingerprint density at radius 2 is 1.84 bits per heavy atom. The molecule has 0 aliphatic carbocycles. The Hall–Kier alpha value is -1.90. The van der Waals surface area contributed by atoms with Crippen LogP contribution in [0.15, 0.2) is 35.2 Å². The average Bonchev–Trinajstić information content (AvgIpc) is 2.99. The number of imide groups is 1. The molecule has 164 valence electrons. The molecule has 1 aliphatic rings. The lowest BCUT2D eigenvalue weighted by Gasteiger charge is -2.14. The summed E-state index contributed by atoms with van der Waals surface area (Å²) < 4.78 is 16.2.